The van der Waals surface area contributed by atoms with Crippen molar-refractivity contribution >= 4 is 23.6 Å². The summed E-state index contributed by atoms with van der Waals surface area (Å²) in [6, 6.07) is -0.0354. The highest BCUT2D eigenvalue weighted by Crippen LogP contribution is 2.36. The van der Waals surface area contributed by atoms with E-state index in [0.717, 1.165) is 50.0 Å². The molecule has 2 aliphatic heterocycles. The van der Waals surface area contributed by atoms with Crippen molar-refractivity contribution in [2.45, 2.75) is 69.5 Å². The molecule has 0 radical (unpaired) electrons. The van der Waals surface area contributed by atoms with Crippen molar-refractivity contribution in [1.29, 1.82) is 0 Å². The monoisotopic (exact) mass is 296 g/mol. The first-order valence-electron chi connectivity index (χ1n) is 7.87. The first-order valence-corrected chi connectivity index (χ1v) is 9.02. The fourth-order valence-electron chi connectivity index (χ4n) is 3.88. The first-order chi connectivity index (χ1) is 9.64. The number of piperazine rings is 1. The molecule has 0 bridgehead atoms. The van der Waals surface area contributed by atoms with Gasteiger partial charge in [0.2, 0.25) is 11.8 Å². The zero-order valence-corrected chi connectivity index (χ0v) is 13.0. The summed E-state index contributed by atoms with van der Waals surface area (Å²) >= 11 is 1.95. The number of hydrogen-bond donors (Lipinski definition) is 1. The summed E-state index contributed by atoms with van der Waals surface area (Å²) < 4.78 is 0. The Labute approximate surface area is 125 Å². The summed E-state index contributed by atoms with van der Waals surface area (Å²) in [7, 11) is 0. The van der Waals surface area contributed by atoms with Gasteiger partial charge in [-0.3, -0.25) is 9.59 Å². The van der Waals surface area contributed by atoms with Crippen LogP contribution < -0.4 is 5.32 Å². The average Bonchev–Trinajstić information content (AvgIpc) is 2.48. The molecule has 20 heavy (non-hydrogen) atoms. The zero-order chi connectivity index (χ0) is 14.2. The lowest BCUT2D eigenvalue weighted by molar-refractivity contribution is -0.159. The largest absolute Gasteiger partial charge is 0.340 e. The van der Waals surface area contributed by atoms with Crippen LogP contribution in [0.4, 0.5) is 0 Å². The standard InChI is InChI=1S/C15H24N2O2S/c1-11-13(18)16-15(7-3-2-4-8-15)14(19)17(11)12-5-9-20-10-6-12/h11-12H,2-10H2,1H3,(H,16,18). The van der Waals surface area contributed by atoms with E-state index in [1.165, 1.54) is 6.42 Å². The van der Waals surface area contributed by atoms with E-state index in [1.807, 2.05) is 23.6 Å². The fraction of sp³-hybridized carbons (Fsp3) is 0.867. The lowest BCUT2D eigenvalue weighted by Crippen LogP contribution is -2.72. The minimum absolute atomic E-state index is 0.0460. The second kappa shape index (κ2) is 5.58. The maximum absolute atomic E-state index is 13.1. The summed E-state index contributed by atoms with van der Waals surface area (Å²) in [5.41, 5.74) is -0.577. The van der Waals surface area contributed by atoms with Gasteiger partial charge in [-0.1, -0.05) is 19.3 Å². The van der Waals surface area contributed by atoms with Crippen molar-refractivity contribution in [3.05, 3.63) is 0 Å². The van der Waals surface area contributed by atoms with Gasteiger partial charge in [0.25, 0.3) is 0 Å². The molecule has 3 rings (SSSR count). The van der Waals surface area contributed by atoms with Crippen LogP contribution >= 0.6 is 11.8 Å². The molecule has 3 aliphatic rings. The molecule has 1 atom stereocenters. The zero-order valence-electron chi connectivity index (χ0n) is 12.2. The van der Waals surface area contributed by atoms with Crippen LogP contribution in [0.5, 0.6) is 0 Å². The highest BCUT2D eigenvalue weighted by atomic mass is 32.2. The van der Waals surface area contributed by atoms with Gasteiger partial charge in [0.15, 0.2) is 0 Å². The van der Waals surface area contributed by atoms with Gasteiger partial charge in [0.05, 0.1) is 0 Å². The van der Waals surface area contributed by atoms with Crippen molar-refractivity contribution in [2.75, 3.05) is 11.5 Å². The van der Waals surface area contributed by atoms with Gasteiger partial charge in [-0.2, -0.15) is 11.8 Å². The van der Waals surface area contributed by atoms with E-state index in [4.69, 9.17) is 0 Å². The van der Waals surface area contributed by atoms with E-state index < -0.39 is 5.54 Å². The number of hydrogen-bond acceptors (Lipinski definition) is 3. The van der Waals surface area contributed by atoms with Crippen LogP contribution in [0.3, 0.4) is 0 Å². The lowest BCUT2D eigenvalue weighted by Gasteiger charge is -2.50. The third-order valence-corrected chi connectivity index (χ3v) is 6.14. The summed E-state index contributed by atoms with van der Waals surface area (Å²) in [4.78, 5) is 27.4. The molecule has 1 unspecified atom stereocenters. The number of nitrogens with zero attached hydrogens (tertiary/aromatic N) is 1. The number of carbonyl (C=O) groups is 2. The molecule has 112 valence electrons. The second-order valence-electron chi connectivity index (χ2n) is 6.36. The third-order valence-electron chi connectivity index (χ3n) is 5.09. The number of nitrogens with one attached hydrogen (secondary N) is 1. The Hall–Kier alpha value is -0.710. The molecular formula is C15H24N2O2S. The fourth-order valence-corrected chi connectivity index (χ4v) is 4.96. The van der Waals surface area contributed by atoms with Crippen LogP contribution in [0.25, 0.3) is 0 Å². The summed E-state index contributed by atoms with van der Waals surface area (Å²) in [5.74, 6) is 2.46. The van der Waals surface area contributed by atoms with Crippen molar-refractivity contribution in [2.24, 2.45) is 0 Å². The number of rotatable bonds is 1. The van der Waals surface area contributed by atoms with E-state index in [0.29, 0.717) is 0 Å². The van der Waals surface area contributed by atoms with E-state index in [-0.39, 0.29) is 23.9 Å². The molecule has 3 fully saturated rings. The number of amides is 2. The summed E-state index contributed by atoms with van der Waals surface area (Å²) in [6.07, 6.45) is 6.99. The van der Waals surface area contributed by atoms with Gasteiger partial charge in [0.1, 0.15) is 11.6 Å². The maximum atomic E-state index is 13.1. The third kappa shape index (κ3) is 2.34. The minimum atomic E-state index is -0.577. The van der Waals surface area contributed by atoms with Crippen molar-refractivity contribution in [3.63, 3.8) is 0 Å². The van der Waals surface area contributed by atoms with Crippen LogP contribution in [0, 0.1) is 0 Å². The molecule has 0 aromatic rings. The highest BCUT2D eigenvalue weighted by Gasteiger charge is 2.51. The van der Waals surface area contributed by atoms with Crippen molar-refractivity contribution in [1.82, 2.24) is 10.2 Å². The van der Waals surface area contributed by atoms with Gasteiger partial charge in [-0.05, 0) is 44.1 Å². The van der Waals surface area contributed by atoms with E-state index in [1.54, 1.807) is 0 Å². The Kier molecular flexibility index (Phi) is 3.98. The van der Waals surface area contributed by atoms with Crippen LogP contribution in [0.15, 0.2) is 0 Å². The molecule has 2 amide bonds. The van der Waals surface area contributed by atoms with Crippen LogP contribution in [-0.4, -0.2) is 45.8 Å². The molecule has 4 nitrogen and oxygen atoms in total. The van der Waals surface area contributed by atoms with Crippen molar-refractivity contribution in [3.8, 4) is 0 Å². The molecule has 1 saturated carbocycles. The maximum Gasteiger partial charge on any atom is 0.249 e. The lowest BCUT2D eigenvalue weighted by atomic mass is 9.78. The van der Waals surface area contributed by atoms with E-state index >= 15 is 0 Å². The molecule has 0 aromatic carbocycles. The molecule has 0 aromatic heterocycles. The van der Waals surface area contributed by atoms with Crippen molar-refractivity contribution < 1.29 is 9.59 Å². The van der Waals surface area contributed by atoms with E-state index in [9.17, 15) is 9.59 Å². The minimum Gasteiger partial charge on any atom is -0.340 e. The van der Waals surface area contributed by atoms with Gasteiger partial charge >= 0.3 is 0 Å². The quantitative estimate of drug-likeness (QED) is 0.804. The highest BCUT2D eigenvalue weighted by molar-refractivity contribution is 7.99. The molecule has 1 N–H and O–H groups in total. The Morgan fingerprint density at radius 2 is 1.80 bits per heavy atom. The topological polar surface area (TPSA) is 49.4 Å². The Morgan fingerprint density at radius 1 is 1.15 bits per heavy atom. The van der Waals surface area contributed by atoms with Crippen LogP contribution in [-0.2, 0) is 9.59 Å². The smallest absolute Gasteiger partial charge is 0.249 e. The van der Waals surface area contributed by atoms with Crippen LogP contribution in [0.2, 0.25) is 0 Å². The molecule has 1 spiro atoms. The Bertz CT molecular complexity index is 401. The predicted octanol–water partition coefficient (Wildman–Crippen LogP) is 1.93. The molecule has 5 heteroatoms. The molecule has 2 saturated heterocycles. The molecule has 2 heterocycles. The second-order valence-corrected chi connectivity index (χ2v) is 7.59. The SMILES string of the molecule is CC1C(=O)NC2(CCCCC2)C(=O)N1C1CCSCC1. The van der Waals surface area contributed by atoms with Gasteiger partial charge in [0, 0.05) is 6.04 Å². The summed E-state index contributed by atoms with van der Waals surface area (Å²) in [5, 5.41) is 3.06. The number of carbonyl (C=O) groups excluding carboxylic acids is 2. The molecular weight excluding hydrogens is 272 g/mol. The van der Waals surface area contributed by atoms with Crippen LogP contribution in [0.1, 0.15) is 51.9 Å². The Balaban J connectivity index is 1.86. The molecule has 1 aliphatic carbocycles. The summed E-state index contributed by atoms with van der Waals surface area (Å²) in [6.45, 7) is 1.88. The van der Waals surface area contributed by atoms with E-state index in [2.05, 4.69) is 5.32 Å². The van der Waals surface area contributed by atoms with Gasteiger partial charge in [-0.25, -0.2) is 0 Å². The normalized spacial score (nSPS) is 31.4. The average molecular weight is 296 g/mol. The predicted molar refractivity (Wildman–Crippen MR) is 80.6 cm³/mol. The number of thioether (sulfide) groups is 1. The first kappa shape index (κ1) is 14.2. The Morgan fingerprint density at radius 3 is 2.45 bits per heavy atom. The van der Waals surface area contributed by atoms with Gasteiger partial charge < -0.3 is 10.2 Å². The van der Waals surface area contributed by atoms with Gasteiger partial charge in [-0.15, -0.1) is 0 Å².